The zero-order valence-electron chi connectivity index (χ0n) is 20.2. The second-order valence-electron chi connectivity index (χ2n) is 9.30. The van der Waals surface area contributed by atoms with Crippen molar-refractivity contribution in [2.75, 3.05) is 43.1 Å². The predicted molar refractivity (Wildman–Crippen MR) is 134 cm³/mol. The Kier molecular flexibility index (Phi) is 6.65. The number of ether oxygens (including phenoxy) is 1. The number of fused-ring (bicyclic) bond motifs is 1. The molecule has 1 saturated heterocycles. The van der Waals surface area contributed by atoms with Gasteiger partial charge in [0.1, 0.15) is 5.82 Å². The first-order valence-electron chi connectivity index (χ1n) is 12.2. The van der Waals surface area contributed by atoms with E-state index >= 15 is 0 Å². The molecule has 1 aliphatic carbocycles. The molecule has 0 bridgehead atoms. The maximum absolute atomic E-state index is 12.9. The molecule has 188 valence electrons. The fourth-order valence-corrected chi connectivity index (χ4v) is 6.43. The minimum Gasteiger partial charge on any atom is -0.377 e. The summed E-state index contributed by atoms with van der Waals surface area (Å²) in [5.74, 6) is 1.42. The Labute approximate surface area is 206 Å². The van der Waals surface area contributed by atoms with Crippen LogP contribution in [0.4, 0.5) is 16.3 Å². The van der Waals surface area contributed by atoms with Gasteiger partial charge in [-0.05, 0) is 57.4 Å². The lowest BCUT2D eigenvalue weighted by molar-refractivity contribution is 0.0984. The first kappa shape index (κ1) is 24.0. The van der Waals surface area contributed by atoms with E-state index in [1.807, 2.05) is 31.2 Å². The van der Waals surface area contributed by atoms with E-state index in [4.69, 9.17) is 14.7 Å². The van der Waals surface area contributed by atoms with Crippen molar-refractivity contribution in [2.24, 2.45) is 0 Å². The first-order valence-corrected chi connectivity index (χ1v) is 13.8. The van der Waals surface area contributed by atoms with E-state index in [2.05, 4.69) is 22.5 Å². The van der Waals surface area contributed by atoms with Crippen LogP contribution in [-0.4, -0.2) is 72.9 Å². The van der Waals surface area contributed by atoms with Crippen molar-refractivity contribution >= 4 is 27.6 Å². The van der Waals surface area contributed by atoms with Gasteiger partial charge in [0.2, 0.25) is 10.0 Å². The van der Waals surface area contributed by atoms with Crippen LogP contribution in [0.2, 0.25) is 0 Å². The molecule has 35 heavy (non-hydrogen) atoms. The molecule has 1 saturated carbocycles. The van der Waals surface area contributed by atoms with Crippen molar-refractivity contribution in [1.29, 1.82) is 0 Å². The van der Waals surface area contributed by atoms with E-state index in [-0.39, 0.29) is 23.9 Å². The normalized spacial score (nSPS) is 20.9. The first-order chi connectivity index (χ1) is 16.9. The van der Waals surface area contributed by atoms with Gasteiger partial charge < -0.3 is 20.3 Å². The van der Waals surface area contributed by atoms with Crippen LogP contribution in [0.1, 0.15) is 37.9 Å². The lowest BCUT2D eigenvalue weighted by Gasteiger charge is -2.37. The largest absolute Gasteiger partial charge is 0.377 e. The van der Waals surface area contributed by atoms with Crippen LogP contribution in [0.5, 0.6) is 0 Å². The molecule has 1 unspecified atom stereocenters. The highest BCUT2D eigenvalue weighted by molar-refractivity contribution is 7.90. The number of carbonyl (C=O) groups is 1. The van der Waals surface area contributed by atoms with Crippen LogP contribution < -0.4 is 15.5 Å². The van der Waals surface area contributed by atoms with Crippen molar-refractivity contribution in [3.8, 4) is 11.4 Å². The van der Waals surface area contributed by atoms with Crippen molar-refractivity contribution < 1.29 is 17.9 Å². The fraction of sp³-hybridized carbons (Fsp3) is 0.542. The summed E-state index contributed by atoms with van der Waals surface area (Å²) in [5.41, 5.74) is 3.27. The van der Waals surface area contributed by atoms with E-state index in [9.17, 15) is 13.2 Å². The van der Waals surface area contributed by atoms with Crippen LogP contribution in [0.3, 0.4) is 0 Å². The number of hydrogen-bond acceptors (Lipinski definition) is 7. The molecule has 2 aromatic rings. The number of anilines is 2. The highest BCUT2D eigenvalue weighted by Gasteiger charge is 2.42. The molecule has 11 heteroatoms. The Bertz CT molecular complexity index is 1200. The smallest absolute Gasteiger partial charge is 0.319 e. The number of morpholine rings is 1. The predicted octanol–water partition coefficient (Wildman–Crippen LogP) is 2.36. The van der Waals surface area contributed by atoms with Crippen LogP contribution in [0, 0.1) is 0 Å². The lowest BCUT2D eigenvalue weighted by atomic mass is 10.0. The minimum absolute atomic E-state index is 0.160. The highest BCUT2D eigenvalue weighted by atomic mass is 32.2. The van der Waals surface area contributed by atoms with Crippen LogP contribution in [-0.2, 0) is 27.7 Å². The summed E-state index contributed by atoms with van der Waals surface area (Å²) in [6, 6.07) is 7.27. The molecule has 3 heterocycles. The molecule has 5 rings (SSSR count). The number of nitrogens with zero attached hydrogens (tertiary/aromatic N) is 4. The van der Waals surface area contributed by atoms with E-state index in [1.54, 1.807) is 4.31 Å². The average molecular weight is 501 g/mol. The molecule has 2 amide bonds. The maximum atomic E-state index is 12.9. The maximum Gasteiger partial charge on any atom is 0.319 e. The Morgan fingerprint density at radius 1 is 1.17 bits per heavy atom. The van der Waals surface area contributed by atoms with Gasteiger partial charge in [-0.1, -0.05) is 0 Å². The number of nitrogens with one attached hydrogen (secondary N) is 2. The standard InChI is InChI=1S/C24H32N6O4S/c1-3-25-24(31)26-18-6-4-17(5-7-18)22-27-21-14-29(35(32,33)19-8-9-19)11-10-20(21)23(28-22)30-12-13-34-15-16(30)2/h4-7,16,19H,3,8-15H2,1-2H3,(H2,25,26,31). The summed E-state index contributed by atoms with van der Waals surface area (Å²) in [5, 5.41) is 5.26. The number of urea groups is 1. The van der Waals surface area contributed by atoms with Gasteiger partial charge in [0.05, 0.1) is 36.7 Å². The fourth-order valence-electron chi connectivity index (χ4n) is 4.63. The van der Waals surface area contributed by atoms with E-state index < -0.39 is 10.0 Å². The minimum atomic E-state index is -3.29. The molecule has 1 atom stereocenters. The Balaban J connectivity index is 1.49. The Hall–Kier alpha value is -2.76. The quantitative estimate of drug-likeness (QED) is 0.625. The third kappa shape index (κ3) is 4.98. The number of amides is 2. The van der Waals surface area contributed by atoms with Crippen molar-refractivity contribution in [3.05, 3.63) is 35.5 Å². The average Bonchev–Trinajstić information content (AvgIpc) is 3.70. The van der Waals surface area contributed by atoms with Crippen LogP contribution in [0.25, 0.3) is 11.4 Å². The summed E-state index contributed by atoms with van der Waals surface area (Å²) in [6.07, 6.45) is 2.08. The molecule has 0 radical (unpaired) electrons. The van der Waals surface area contributed by atoms with Gasteiger partial charge in [0.25, 0.3) is 0 Å². The molecule has 2 aliphatic heterocycles. The van der Waals surface area contributed by atoms with Gasteiger partial charge in [-0.25, -0.2) is 23.2 Å². The molecule has 0 spiro atoms. The molecular formula is C24H32N6O4S. The van der Waals surface area contributed by atoms with Crippen molar-refractivity contribution in [2.45, 2.75) is 50.9 Å². The second kappa shape index (κ2) is 9.71. The monoisotopic (exact) mass is 500 g/mol. The van der Waals surface area contributed by atoms with Crippen LogP contribution in [0.15, 0.2) is 24.3 Å². The molecular weight excluding hydrogens is 468 g/mol. The molecule has 1 aromatic carbocycles. The summed E-state index contributed by atoms with van der Waals surface area (Å²) < 4.78 is 33.1. The number of hydrogen-bond donors (Lipinski definition) is 2. The molecule has 3 aliphatic rings. The zero-order valence-corrected chi connectivity index (χ0v) is 21.0. The summed E-state index contributed by atoms with van der Waals surface area (Å²) in [4.78, 5) is 23.9. The van der Waals surface area contributed by atoms with Gasteiger partial charge in [-0.15, -0.1) is 0 Å². The number of sulfonamides is 1. The third-order valence-electron chi connectivity index (χ3n) is 6.69. The third-order valence-corrected chi connectivity index (χ3v) is 9.04. The van der Waals surface area contributed by atoms with E-state index in [1.165, 1.54) is 0 Å². The molecule has 2 fully saturated rings. The van der Waals surface area contributed by atoms with Gasteiger partial charge in [-0.3, -0.25) is 0 Å². The topological polar surface area (TPSA) is 117 Å². The second-order valence-corrected chi connectivity index (χ2v) is 11.5. The van der Waals surface area contributed by atoms with Gasteiger partial charge in [0, 0.05) is 36.4 Å². The van der Waals surface area contributed by atoms with Crippen LogP contribution >= 0.6 is 0 Å². The van der Waals surface area contributed by atoms with Gasteiger partial charge in [0.15, 0.2) is 5.82 Å². The number of benzene rings is 1. The van der Waals surface area contributed by atoms with E-state index in [0.29, 0.717) is 44.2 Å². The summed E-state index contributed by atoms with van der Waals surface area (Å²) >= 11 is 0. The van der Waals surface area contributed by atoms with Gasteiger partial charge >= 0.3 is 6.03 Å². The molecule has 10 nitrogen and oxygen atoms in total. The summed E-state index contributed by atoms with van der Waals surface area (Å²) in [6.45, 7) is 7.22. The summed E-state index contributed by atoms with van der Waals surface area (Å²) in [7, 11) is -3.29. The lowest BCUT2D eigenvalue weighted by Crippen LogP contribution is -2.46. The number of aromatic nitrogens is 2. The number of carbonyl (C=O) groups excluding carboxylic acids is 1. The Morgan fingerprint density at radius 3 is 2.63 bits per heavy atom. The van der Waals surface area contributed by atoms with Crippen molar-refractivity contribution in [3.63, 3.8) is 0 Å². The highest BCUT2D eigenvalue weighted by Crippen LogP contribution is 2.36. The number of rotatable bonds is 6. The Morgan fingerprint density at radius 2 is 1.94 bits per heavy atom. The van der Waals surface area contributed by atoms with Gasteiger partial charge in [-0.2, -0.15) is 4.31 Å². The SMILES string of the molecule is CCNC(=O)Nc1ccc(-c2nc3c(c(N4CCOCC4C)n2)CCN(S(=O)(=O)C2CC2)C3)cc1. The van der Waals surface area contributed by atoms with E-state index in [0.717, 1.165) is 42.0 Å². The molecule has 1 aromatic heterocycles. The van der Waals surface area contributed by atoms with Crippen molar-refractivity contribution in [1.82, 2.24) is 19.6 Å². The molecule has 2 N–H and O–H groups in total. The zero-order chi connectivity index (χ0) is 24.6.